The molecule has 1 aromatic rings. The van der Waals surface area contributed by atoms with Crippen LogP contribution in [0.4, 0.5) is 5.69 Å². The summed E-state index contributed by atoms with van der Waals surface area (Å²) in [5.74, 6) is -0.0959. The van der Waals surface area contributed by atoms with Crippen LogP contribution in [0.1, 0.15) is 18.4 Å². The molecule has 0 bridgehead atoms. The van der Waals surface area contributed by atoms with Crippen LogP contribution in [0.3, 0.4) is 0 Å². The van der Waals surface area contributed by atoms with Gasteiger partial charge in [-0.1, -0.05) is 18.2 Å². The Hall–Kier alpha value is -1.88. The topological polar surface area (TPSA) is 75.4 Å². The Labute approximate surface area is 111 Å². The number of para-hydroxylation sites is 1. The first-order valence-corrected chi connectivity index (χ1v) is 6.59. The standard InChI is InChI=1S/C14H17N3O2/c15-10-7-9-3-1-2-4-12(9)17(8-10)14(19)11-5-6-13(18)16-11/h1-4,10-11H,5-8,15H2,(H,16,18)/t10?,11-/m0/s1. The third-order valence-corrected chi connectivity index (χ3v) is 3.74. The third-order valence-electron chi connectivity index (χ3n) is 3.74. The summed E-state index contributed by atoms with van der Waals surface area (Å²) in [6.45, 7) is 0.516. The summed E-state index contributed by atoms with van der Waals surface area (Å²) in [6, 6.07) is 7.37. The second kappa shape index (κ2) is 4.66. The Bertz CT molecular complexity index is 529. The zero-order valence-corrected chi connectivity index (χ0v) is 10.6. The number of fused-ring (bicyclic) bond motifs is 1. The predicted octanol–water partition coefficient (Wildman–Crippen LogP) is 0.182. The van der Waals surface area contributed by atoms with E-state index >= 15 is 0 Å². The maximum Gasteiger partial charge on any atom is 0.249 e. The molecular formula is C14H17N3O2. The molecule has 1 fully saturated rings. The van der Waals surface area contributed by atoms with Crippen molar-refractivity contribution in [3.05, 3.63) is 29.8 Å². The molecule has 2 atom stereocenters. The maximum atomic E-state index is 12.5. The zero-order valence-electron chi connectivity index (χ0n) is 10.6. The quantitative estimate of drug-likeness (QED) is 0.755. The predicted molar refractivity (Wildman–Crippen MR) is 71.6 cm³/mol. The fraction of sp³-hybridized carbons (Fsp3) is 0.429. The Kier molecular flexibility index (Phi) is 2.98. The molecule has 3 rings (SSSR count). The first kappa shape index (κ1) is 12.2. The lowest BCUT2D eigenvalue weighted by molar-refractivity contribution is -0.124. The van der Waals surface area contributed by atoms with Gasteiger partial charge in [0, 0.05) is 24.7 Å². The largest absolute Gasteiger partial charge is 0.344 e. The van der Waals surface area contributed by atoms with E-state index in [2.05, 4.69) is 5.32 Å². The molecule has 0 radical (unpaired) electrons. The first-order valence-electron chi connectivity index (χ1n) is 6.59. The van der Waals surface area contributed by atoms with Crippen LogP contribution in [0.15, 0.2) is 24.3 Å². The van der Waals surface area contributed by atoms with E-state index in [9.17, 15) is 9.59 Å². The highest BCUT2D eigenvalue weighted by Crippen LogP contribution is 2.27. The highest BCUT2D eigenvalue weighted by molar-refractivity contribution is 6.01. The van der Waals surface area contributed by atoms with Gasteiger partial charge in [0.2, 0.25) is 11.8 Å². The fourth-order valence-electron chi connectivity index (χ4n) is 2.82. The zero-order chi connectivity index (χ0) is 13.4. The number of benzene rings is 1. The number of rotatable bonds is 1. The number of nitrogens with zero attached hydrogens (tertiary/aromatic N) is 1. The molecular weight excluding hydrogens is 242 g/mol. The van der Waals surface area contributed by atoms with Gasteiger partial charge in [0.25, 0.3) is 0 Å². The van der Waals surface area contributed by atoms with Crippen LogP contribution in [0.5, 0.6) is 0 Å². The van der Waals surface area contributed by atoms with Gasteiger partial charge < -0.3 is 16.0 Å². The Balaban J connectivity index is 1.88. The van der Waals surface area contributed by atoms with Gasteiger partial charge in [-0.2, -0.15) is 0 Å². The van der Waals surface area contributed by atoms with Gasteiger partial charge in [-0.15, -0.1) is 0 Å². The number of anilines is 1. The summed E-state index contributed by atoms with van der Waals surface area (Å²) in [5.41, 5.74) is 8.04. The van der Waals surface area contributed by atoms with Crippen molar-refractivity contribution in [1.29, 1.82) is 0 Å². The van der Waals surface area contributed by atoms with E-state index in [4.69, 9.17) is 5.73 Å². The Morgan fingerprint density at radius 2 is 2.16 bits per heavy atom. The molecule has 3 N–H and O–H groups in total. The van der Waals surface area contributed by atoms with E-state index in [1.54, 1.807) is 4.90 Å². The molecule has 1 saturated heterocycles. The number of hydrogen-bond donors (Lipinski definition) is 2. The van der Waals surface area contributed by atoms with Crippen molar-refractivity contribution in [3.8, 4) is 0 Å². The number of amides is 2. The first-order chi connectivity index (χ1) is 9.15. The van der Waals surface area contributed by atoms with E-state index in [-0.39, 0.29) is 17.9 Å². The van der Waals surface area contributed by atoms with Crippen molar-refractivity contribution >= 4 is 17.5 Å². The minimum Gasteiger partial charge on any atom is -0.344 e. The molecule has 19 heavy (non-hydrogen) atoms. The molecule has 5 heteroatoms. The molecule has 1 unspecified atom stereocenters. The molecule has 5 nitrogen and oxygen atoms in total. The second-order valence-electron chi connectivity index (χ2n) is 5.20. The molecule has 0 aromatic heterocycles. The van der Waals surface area contributed by atoms with Crippen LogP contribution in [0.2, 0.25) is 0 Å². The van der Waals surface area contributed by atoms with Crippen molar-refractivity contribution in [2.75, 3.05) is 11.4 Å². The number of carbonyl (C=O) groups excluding carboxylic acids is 2. The summed E-state index contributed by atoms with van der Waals surface area (Å²) in [6.07, 6.45) is 1.79. The molecule has 2 heterocycles. The fourth-order valence-corrected chi connectivity index (χ4v) is 2.82. The molecule has 0 spiro atoms. The Morgan fingerprint density at radius 3 is 2.89 bits per heavy atom. The van der Waals surface area contributed by atoms with Gasteiger partial charge in [-0.3, -0.25) is 9.59 Å². The number of nitrogens with one attached hydrogen (secondary N) is 1. The van der Waals surface area contributed by atoms with Crippen LogP contribution in [0, 0.1) is 0 Å². The van der Waals surface area contributed by atoms with E-state index in [1.165, 1.54) is 0 Å². The van der Waals surface area contributed by atoms with Gasteiger partial charge in [-0.25, -0.2) is 0 Å². The molecule has 2 aliphatic rings. The van der Waals surface area contributed by atoms with Crippen molar-refractivity contribution in [1.82, 2.24) is 5.32 Å². The summed E-state index contributed by atoms with van der Waals surface area (Å²) in [7, 11) is 0. The number of carbonyl (C=O) groups is 2. The summed E-state index contributed by atoms with van der Waals surface area (Å²) in [5, 5.41) is 2.73. The monoisotopic (exact) mass is 259 g/mol. The second-order valence-corrected chi connectivity index (χ2v) is 5.20. The number of hydrogen-bond acceptors (Lipinski definition) is 3. The van der Waals surface area contributed by atoms with Gasteiger partial charge in [0.15, 0.2) is 0 Å². The lowest BCUT2D eigenvalue weighted by Crippen LogP contribution is -2.51. The van der Waals surface area contributed by atoms with Gasteiger partial charge in [0.1, 0.15) is 6.04 Å². The molecule has 0 saturated carbocycles. The number of nitrogens with two attached hydrogens (primary N) is 1. The van der Waals surface area contributed by atoms with Crippen molar-refractivity contribution < 1.29 is 9.59 Å². The lowest BCUT2D eigenvalue weighted by atomic mass is 9.97. The molecule has 2 amide bonds. The average Bonchev–Trinajstić information content (AvgIpc) is 2.83. The van der Waals surface area contributed by atoms with E-state index in [0.29, 0.717) is 19.4 Å². The highest BCUT2D eigenvalue weighted by Gasteiger charge is 2.34. The van der Waals surface area contributed by atoms with Gasteiger partial charge >= 0.3 is 0 Å². The van der Waals surface area contributed by atoms with Crippen molar-refractivity contribution in [2.24, 2.45) is 5.73 Å². The van der Waals surface area contributed by atoms with Gasteiger partial charge in [0.05, 0.1) is 0 Å². The van der Waals surface area contributed by atoms with E-state index in [1.807, 2.05) is 24.3 Å². The SMILES string of the molecule is NC1Cc2ccccc2N(C(=O)[C@@H]2CCC(=O)N2)C1. The van der Waals surface area contributed by atoms with E-state index < -0.39 is 6.04 Å². The van der Waals surface area contributed by atoms with Crippen LogP contribution in [-0.4, -0.2) is 30.4 Å². The van der Waals surface area contributed by atoms with E-state index in [0.717, 1.165) is 17.7 Å². The summed E-state index contributed by atoms with van der Waals surface area (Å²) >= 11 is 0. The average molecular weight is 259 g/mol. The molecule has 2 aliphatic heterocycles. The lowest BCUT2D eigenvalue weighted by Gasteiger charge is -2.34. The molecule has 1 aromatic carbocycles. The normalized spacial score (nSPS) is 25.9. The summed E-state index contributed by atoms with van der Waals surface area (Å²) in [4.78, 5) is 25.5. The maximum absolute atomic E-state index is 12.5. The van der Waals surface area contributed by atoms with Gasteiger partial charge in [-0.05, 0) is 24.5 Å². The van der Waals surface area contributed by atoms with Crippen molar-refractivity contribution in [3.63, 3.8) is 0 Å². The highest BCUT2D eigenvalue weighted by atomic mass is 16.2. The summed E-state index contributed by atoms with van der Waals surface area (Å²) < 4.78 is 0. The third kappa shape index (κ3) is 2.21. The van der Waals surface area contributed by atoms with Crippen LogP contribution >= 0.6 is 0 Å². The minimum absolute atomic E-state index is 0.0454. The molecule has 100 valence electrons. The Morgan fingerprint density at radius 1 is 1.37 bits per heavy atom. The van der Waals surface area contributed by atoms with Crippen LogP contribution in [-0.2, 0) is 16.0 Å². The molecule has 0 aliphatic carbocycles. The smallest absolute Gasteiger partial charge is 0.249 e. The van der Waals surface area contributed by atoms with Crippen LogP contribution in [0.25, 0.3) is 0 Å². The van der Waals surface area contributed by atoms with Crippen molar-refractivity contribution in [2.45, 2.75) is 31.3 Å². The minimum atomic E-state index is -0.397. The van der Waals surface area contributed by atoms with Crippen LogP contribution < -0.4 is 16.0 Å².